The summed E-state index contributed by atoms with van der Waals surface area (Å²) in [6.45, 7) is 3.07. The summed E-state index contributed by atoms with van der Waals surface area (Å²) in [7, 11) is 0. The highest BCUT2D eigenvalue weighted by Crippen LogP contribution is 2.44. The molecule has 3 rings (SSSR count). The van der Waals surface area contributed by atoms with Gasteiger partial charge in [0.1, 0.15) is 18.7 Å². The number of carbonyl (C=O) groups excluding carboxylic acids is 2. The van der Waals surface area contributed by atoms with E-state index in [1.54, 1.807) is 6.92 Å². The van der Waals surface area contributed by atoms with Crippen LogP contribution in [0.25, 0.3) is 11.1 Å². The SMILES string of the molecule is CC#CCC(NC(=O)OCC1c2ccccc2-c2ccccc21)C(=O)NC(C)C(=O)O. The average Bonchev–Trinajstić information content (AvgIpc) is 3.08. The molecule has 0 saturated carbocycles. The van der Waals surface area contributed by atoms with E-state index < -0.39 is 30.1 Å². The number of hydrogen-bond donors (Lipinski definition) is 3. The summed E-state index contributed by atoms with van der Waals surface area (Å²) in [5.74, 6) is 3.49. The third-order valence-corrected chi connectivity index (χ3v) is 5.16. The molecule has 1 aliphatic rings. The minimum atomic E-state index is -1.17. The lowest BCUT2D eigenvalue weighted by molar-refractivity contribution is -0.141. The summed E-state index contributed by atoms with van der Waals surface area (Å²) in [6, 6.07) is 13.9. The first-order valence-electron chi connectivity index (χ1n) is 9.96. The zero-order valence-electron chi connectivity index (χ0n) is 17.3. The lowest BCUT2D eigenvalue weighted by atomic mass is 9.98. The number of aliphatic carboxylic acids is 1. The molecule has 7 heteroatoms. The Bertz CT molecular complexity index is 1010. The number of fused-ring (bicyclic) bond motifs is 3. The van der Waals surface area contributed by atoms with Gasteiger partial charge in [0.05, 0.1) is 0 Å². The fraction of sp³-hybridized carbons (Fsp3) is 0.292. The minimum Gasteiger partial charge on any atom is -0.480 e. The molecule has 0 fully saturated rings. The van der Waals surface area contributed by atoms with Gasteiger partial charge in [0, 0.05) is 12.3 Å². The van der Waals surface area contributed by atoms with E-state index in [2.05, 4.69) is 22.5 Å². The molecule has 7 nitrogen and oxygen atoms in total. The van der Waals surface area contributed by atoms with Gasteiger partial charge in [-0.2, -0.15) is 0 Å². The van der Waals surface area contributed by atoms with E-state index in [0.29, 0.717) is 0 Å². The number of rotatable bonds is 7. The van der Waals surface area contributed by atoms with Gasteiger partial charge >= 0.3 is 12.1 Å². The first-order valence-corrected chi connectivity index (χ1v) is 9.96. The predicted octanol–water partition coefficient (Wildman–Crippen LogP) is 2.90. The lowest BCUT2D eigenvalue weighted by Gasteiger charge is -2.19. The van der Waals surface area contributed by atoms with Gasteiger partial charge in [-0.25, -0.2) is 4.79 Å². The maximum absolute atomic E-state index is 12.4. The molecule has 2 amide bonds. The van der Waals surface area contributed by atoms with Crippen LogP contribution in [-0.2, 0) is 14.3 Å². The van der Waals surface area contributed by atoms with Crippen LogP contribution in [0.5, 0.6) is 0 Å². The zero-order valence-corrected chi connectivity index (χ0v) is 17.3. The van der Waals surface area contributed by atoms with Crippen molar-refractivity contribution in [2.75, 3.05) is 6.61 Å². The summed E-state index contributed by atoms with van der Waals surface area (Å²) in [6.07, 6.45) is -0.721. The molecule has 1 aliphatic carbocycles. The van der Waals surface area contributed by atoms with E-state index in [-0.39, 0.29) is 18.9 Å². The van der Waals surface area contributed by atoms with Crippen LogP contribution in [0.4, 0.5) is 4.79 Å². The van der Waals surface area contributed by atoms with Crippen molar-refractivity contribution in [3.63, 3.8) is 0 Å². The molecule has 2 unspecified atom stereocenters. The van der Waals surface area contributed by atoms with Gasteiger partial charge in [0.25, 0.3) is 0 Å². The van der Waals surface area contributed by atoms with Crippen LogP contribution >= 0.6 is 0 Å². The molecule has 0 radical (unpaired) electrons. The maximum Gasteiger partial charge on any atom is 0.407 e. The number of alkyl carbamates (subject to hydrolysis) is 1. The van der Waals surface area contributed by atoms with Gasteiger partial charge in [-0.3, -0.25) is 9.59 Å². The minimum absolute atomic E-state index is 0.0405. The van der Waals surface area contributed by atoms with Crippen LogP contribution in [0.3, 0.4) is 0 Å². The molecule has 2 atom stereocenters. The number of nitrogens with one attached hydrogen (secondary N) is 2. The molecule has 2 aromatic carbocycles. The normalized spacial score (nSPS) is 13.6. The molecule has 0 aliphatic heterocycles. The first kappa shape index (κ1) is 21.9. The molecule has 0 heterocycles. The molecule has 0 aromatic heterocycles. The van der Waals surface area contributed by atoms with Crippen molar-refractivity contribution in [2.45, 2.75) is 38.3 Å². The van der Waals surface area contributed by atoms with Crippen molar-refractivity contribution >= 4 is 18.0 Å². The summed E-state index contributed by atoms with van der Waals surface area (Å²) in [4.78, 5) is 35.8. The van der Waals surface area contributed by atoms with E-state index in [9.17, 15) is 14.4 Å². The van der Waals surface area contributed by atoms with Crippen molar-refractivity contribution in [3.8, 4) is 23.0 Å². The Labute approximate surface area is 180 Å². The van der Waals surface area contributed by atoms with Crippen molar-refractivity contribution in [1.82, 2.24) is 10.6 Å². The zero-order chi connectivity index (χ0) is 22.4. The van der Waals surface area contributed by atoms with Crippen molar-refractivity contribution in [1.29, 1.82) is 0 Å². The Kier molecular flexibility index (Phi) is 6.93. The monoisotopic (exact) mass is 420 g/mol. The van der Waals surface area contributed by atoms with E-state index in [4.69, 9.17) is 9.84 Å². The Balaban J connectivity index is 1.67. The van der Waals surface area contributed by atoms with Crippen LogP contribution in [0.2, 0.25) is 0 Å². The highest BCUT2D eigenvalue weighted by Gasteiger charge is 2.30. The maximum atomic E-state index is 12.4. The highest BCUT2D eigenvalue weighted by molar-refractivity contribution is 5.89. The van der Waals surface area contributed by atoms with Crippen molar-refractivity contribution < 1.29 is 24.2 Å². The molecule has 160 valence electrons. The summed E-state index contributed by atoms with van der Waals surface area (Å²) < 4.78 is 5.46. The van der Waals surface area contributed by atoms with Crippen molar-refractivity contribution in [3.05, 3.63) is 59.7 Å². The van der Waals surface area contributed by atoms with Crippen LogP contribution in [-0.4, -0.2) is 41.8 Å². The molecular formula is C24H24N2O5. The largest absolute Gasteiger partial charge is 0.480 e. The van der Waals surface area contributed by atoms with Gasteiger partial charge in [-0.05, 0) is 36.1 Å². The topological polar surface area (TPSA) is 105 Å². The molecule has 2 aromatic rings. The van der Waals surface area contributed by atoms with Crippen LogP contribution in [0, 0.1) is 11.8 Å². The fourth-order valence-corrected chi connectivity index (χ4v) is 3.57. The number of carbonyl (C=O) groups is 3. The number of carboxylic acids is 1. The number of hydrogen-bond acceptors (Lipinski definition) is 4. The molecule has 0 spiro atoms. The molecule has 31 heavy (non-hydrogen) atoms. The number of carboxylic acid groups (broad SMARTS) is 1. The highest BCUT2D eigenvalue weighted by atomic mass is 16.5. The Morgan fingerprint density at radius 3 is 2.16 bits per heavy atom. The third kappa shape index (κ3) is 5.04. The number of benzene rings is 2. The Morgan fingerprint density at radius 2 is 1.61 bits per heavy atom. The van der Waals surface area contributed by atoms with Crippen LogP contribution < -0.4 is 10.6 Å². The third-order valence-electron chi connectivity index (χ3n) is 5.16. The van der Waals surface area contributed by atoms with Gasteiger partial charge in [0.15, 0.2) is 0 Å². The lowest BCUT2D eigenvalue weighted by Crippen LogP contribution is -2.50. The van der Waals surface area contributed by atoms with Gasteiger partial charge < -0.3 is 20.5 Å². The molecule has 3 N–H and O–H groups in total. The van der Waals surface area contributed by atoms with E-state index >= 15 is 0 Å². The summed E-state index contributed by atoms with van der Waals surface area (Å²) in [5, 5.41) is 13.8. The number of ether oxygens (including phenoxy) is 1. The molecular weight excluding hydrogens is 396 g/mol. The quantitative estimate of drug-likeness (QED) is 0.598. The Hall–Kier alpha value is -3.79. The van der Waals surface area contributed by atoms with Crippen molar-refractivity contribution in [2.24, 2.45) is 0 Å². The second-order valence-electron chi connectivity index (χ2n) is 7.22. The Morgan fingerprint density at radius 1 is 1.03 bits per heavy atom. The van der Waals surface area contributed by atoms with Crippen LogP contribution in [0.15, 0.2) is 48.5 Å². The standard InChI is InChI=1S/C24H24N2O5/c1-3-4-13-21(22(27)25-15(2)23(28)29)26-24(30)31-14-20-18-11-7-5-9-16(18)17-10-6-8-12-19(17)20/h5-12,15,20-21H,13-14H2,1-2H3,(H,25,27)(H,26,30)(H,28,29). The van der Waals surface area contributed by atoms with Gasteiger partial charge in [-0.15, -0.1) is 11.8 Å². The van der Waals surface area contributed by atoms with Gasteiger partial charge in [-0.1, -0.05) is 48.5 Å². The van der Waals surface area contributed by atoms with Crippen LogP contribution in [0.1, 0.15) is 37.3 Å². The molecule has 0 saturated heterocycles. The van der Waals surface area contributed by atoms with E-state index in [1.165, 1.54) is 6.92 Å². The van der Waals surface area contributed by atoms with E-state index in [1.807, 2.05) is 48.5 Å². The van der Waals surface area contributed by atoms with E-state index in [0.717, 1.165) is 22.3 Å². The summed E-state index contributed by atoms with van der Waals surface area (Å²) >= 11 is 0. The molecule has 0 bridgehead atoms. The predicted molar refractivity (Wildman–Crippen MR) is 115 cm³/mol. The van der Waals surface area contributed by atoms with Gasteiger partial charge in [0.2, 0.25) is 5.91 Å². The fourth-order valence-electron chi connectivity index (χ4n) is 3.57. The number of amides is 2. The average molecular weight is 420 g/mol. The first-order chi connectivity index (χ1) is 14.9. The summed E-state index contributed by atoms with van der Waals surface area (Å²) in [5.41, 5.74) is 4.39. The second kappa shape index (κ2) is 9.81. The second-order valence-corrected chi connectivity index (χ2v) is 7.22. The smallest absolute Gasteiger partial charge is 0.407 e.